The largest absolute Gasteiger partial charge is 0.497 e. The third-order valence-corrected chi connectivity index (χ3v) is 3.87. The lowest BCUT2D eigenvalue weighted by Gasteiger charge is -2.12. The molecule has 0 bridgehead atoms. The first-order chi connectivity index (χ1) is 13.5. The van der Waals surface area contributed by atoms with Gasteiger partial charge < -0.3 is 20.1 Å². The number of carbonyl (C=O) groups excluding carboxylic acids is 1. The predicted molar refractivity (Wildman–Crippen MR) is 101 cm³/mol. The Morgan fingerprint density at radius 1 is 0.929 bits per heavy atom. The lowest BCUT2D eigenvalue weighted by molar-refractivity contribution is 0.102. The average molecular weight is 385 g/mol. The third-order valence-electron chi connectivity index (χ3n) is 3.87. The number of nitrogens with one attached hydrogen (secondary N) is 2. The zero-order valence-corrected chi connectivity index (χ0v) is 15.1. The molecule has 28 heavy (non-hydrogen) atoms. The Kier molecular flexibility index (Phi) is 5.69. The lowest BCUT2D eigenvalue weighted by atomic mass is 10.2. The first-order valence-electron chi connectivity index (χ1n) is 8.20. The molecule has 1 heterocycles. The van der Waals surface area contributed by atoms with Crippen molar-refractivity contribution in [1.29, 1.82) is 0 Å². The molecule has 0 fully saturated rings. The van der Waals surface area contributed by atoms with Gasteiger partial charge in [-0.3, -0.25) is 9.78 Å². The number of ether oxygens (including phenoxy) is 2. The number of hydrogen-bond acceptors (Lipinski definition) is 5. The molecule has 0 radical (unpaired) electrons. The topological polar surface area (TPSA) is 72.5 Å². The average Bonchev–Trinajstić information content (AvgIpc) is 2.71. The van der Waals surface area contributed by atoms with Crippen LogP contribution in [0.1, 0.15) is 10.4 Å². The van der Waals surface area contributed by atoms with Gasteiger partial charge in [0.15, 0.2) is 11.6 Å². The van der Waals surface area contributed by atoms with Gasteiger partial charge >= 0.3 is 0 Å². The maximum Gasteiger partial charge on any atom is 0.257 e. The molecule has 0 aliphatic heterocycles. The number of amides is 1. The summed E-state index contributed by atoms with van der Waals surface area (Å²) in [5, 5.41) is 5.62. The van der Waals surface area contributed by atoms with Gasteiger partial charge in [-0.2, -0.15) is 0 Å². The summed E-state index contributed by atoms with van der Waals surface area (Å²) >= 11 is 0. The highest BCUT2D eigenvalue weighted by atomic mass is 19.2. The molecule has 0 atom stereocenters. The number of pyridine rings is 1. The van der Waals surface area contributed by atoms with Crippen LogP contribution < -0.4 is 20.1 Å². The van der Waals surface area contributed by atoms with Crippen molar-refractivity contribution in [2.75, 3.05) is 24.9 Å². The lowest BCUT2D eigenvalue weighted by Crippen LogP contribution is -2.13. The van der Waals surface area contributed by atoms with Crippen LogP contribution in [-0.4, -0.2) is 25.1 Å². The molecule has 3 aromatic rings. The van der Waals surface area contributed by atoms with Gasteiger partial charge in [-0.25, -0.2) is 8.78 Å². The molecule has 6 nitrogen and oxygen atoms in total. The van der Waals surface area contributed by atoms with Crippen LogP contribution in [0.2, 0.25) is 0 Å². The van der Waals surface area contributed by atoms with Crippen molar-refractivity contribution < 1.29 is 23.0 Å². The van der Waals surface area contributed by atoms with Crippen LogP contribution in [0.25, 0.3) is 0 Å². The van der Waals surface area contributed by atoms with Gasteiger partial charge in [-0.1, -0.05) is 0 Å². The zero-order valence-electron chi connectivity index (χ0n) is 15.1. The Hall–Kier alpha value is -3.68. The highest BCUT2D eigenvalue weighted by Gasteiger charge is 2.12. The molecule has 3 rings (SSSR count). The van der Waals surface area contributed by atoms with Gasteiger partial charge in [-0.05, 0) is 30.3 Å². The fourth-order valence-corrected chi connectivity index (χ4v) is 2.47. The minimum Gasteiger partial charge on any atom is -0.497 e. The SMILES string of the molecule is COc1ccc(NC(=O)c2cncc(Nc3ccc(F)c(F)c3)c2)c(OC)c1. The molecule has 8 heteroatoms. The molecule has 0 aliphatic carbocycles. The van der Waals surface area contributed by atoms with E-state index in [9.17, 15) is 13.6 Å². The van der Waals surface area contributed by atoms with Crippen LogP contribution in [0, 0.1) is 11.6 Å². The number of nitrogens with zero attached hydrogens (tertiary/aromatic N) is 1. The Labute approximate surface area is 160 Å². The minimum absolute atomic E-state index is 0.269. The van der Waals surface area contributed by atoms with Crippen molar-refractivity contribution in [3.8, 4) is 11.5 Å². The first kappa shape index (κ1) is 19.1. The smallest absolute Gasteiger partial charge is 0.257 e. The van der Waals surface area contributed by atoms with Crippen molar-refractivity contribution >= 4 is 23.0 Å². The first-order valence-corrected chi connectivity index (χ1v) is 8.20. The second-order valence-electron chi connectivity index (χ2n) is 5.74. The van der Waals surface area contributed by atoms with Gasteiger partial charge in [0.1, 0.15) is 11.5 Å². The molecule has 2 aromatic carbocycles. The molecule has 0 saturated carbocycles. The summed E-state index contributed by atoms with van der Waals surface area (Å²) in [7, 11) is 3.02. The van der Waals surface area contributed by atoms with E-state index < -0.39 is 17.5 Å². The van der Waals surface area contributed by atoms with Crippen LogP contribution in [0.15, 0.2) is 54.9 Å². The molecule has 1 aromatic heterocycles. The van der Waals surface area contributed by atoms with E-state index in [0.717, 1.165) is 12.1 Å². The highest BCUT2D eigenvalue weighted by Crippen LogP contribution is 2.29. The number of aromatic nitrogens is 1. The van der Waals surface area contributed by atoms with Crippen molar-refractivity contribution in [2.24, 2.45) is 0 Å². The van der Waals surface area contributed by atoms with Gasteiger partial charge in [0, 0.05) is 24.0 Å². The fraction of sp³-hybridized carbons (Fsp3) is 0.100. The van der Waals surface area contributed by atoms with Crippen LogP contribution in [0.3, 0.4) is 0 Å². The maximum atomic E-state index is 13.3. The normalized spacial score (nSPS) is 10.3. The Morgan fingerprint density at radius 3 is 2.46 bits per heavy atom. The molecule has 1 amide bonds. The number of hydrogen-bond donors (Lipinski definition) is 2. The van der Waals surface area contributed by atoms with Gasteiger partial charge in [0.05, 0.1) is 37.4 Å². The fourth-order valence-electron chi connectivity index (χ4n) is 2.47. The number of carbonyl (C=O) groups is 1. The van der Waals surface area contributed by atoms with Crippen molar-refractivity contribution in [3.63, 3.8) is 0 Å². The number of halogens is 2. The Balaban J connectivity index is 1.78. The summed E-state index contributed by atoms with van der Waals surface area (Å²) in [4.78, 5) is 16.6. The van der Waals surface area contributed by atoms with E-state index in [1.165, 1.54) is 32.7 Å². The van der Waals surface area contributed by atoms with E-state index in [2.05, 4.69) is 15.6 Å². The number of rotatable bonds is 6. The standard InChI is InChI=1S/C20H17F2N3O3/c1-27-15-4-6-18(19(9-15)28-2)25-20(26)12-7-14(11-23-10-12)24-13-3-5-16(21)17(22)8-13/h3-11,24H,1-2H3,(H,25,26). The molecule has 0 unspecified atom stereocenters. The minimum atomic E-state index is -0.974. The van der Waals surface area contributed by atoms with Gasteiger partial charge in [0.2, 0.25) is 0 Å². The van der Waals surface area contributed by atoms with Crippen LogP contribution >= 0.6 is 0 Å². The summed E-state index contributed by atoms with van der Waals surface area (Å²) in [6, 6.07) is 9.95. The molecular weight excluding hydrogens is 368 g/mol. The Morgan fingerprint density at radius 2 is 1.75 bits per heavy atom. The van der Waals surface area contributed by atoms with Crippen LogP contribution in [0.5, 0.6) is 11.5 Å². The summed E-state index contributed by atoms with van der Waals surface area (Å²) in [5.41, 5.74) is 1.51. The molecule has 0 aliphatic rings. The summed E-state index contributed by atoms with van der Waals surface area (Å²) < 4.78 is 36.8. The van der Waals surface area contributed by atoms with Gasteiger partial charge in [-0.15, -0.1) is 0 Å². The van der Waals surface area contributed by atoms with Crippen molar-refractivity contribution in [1.82, 2.24) is 4.98 Å². The highest BCUT2D eigenvalue weighted by molar-refractivity contribution is 6.05. The summed E-state index contributed by atoms with van der Waals surface area (Å²) in [6.45, 7) is 0. The zero-order chi connectivity index (χ0) is 20.1. The van der Waals surface area contributed by atoms with Crippen LogP contribution in [-0.2, 0) is 0 Å². The van der Waals surface area contributed by atoms with Crippen LogP contribution in [0.4, 0.5) is 25.8 Å². The van der Waals surface area contributed by atoms with E-state index in [1.807, 2.05) is 0 Å². The number of anilines is 3. The van der Waals surface area contributed by atoms with E-state index >= 15 is 0 Å². The summed E-state index contributed by atoms with van der Waals surface area (Å²) in [6.07, 6.45) is 2.85. The maximum absolute atomic E-state index is 13.3. The van der Waals surface area contributed by atoms with E-state index in [1.54, 1.807) is 24.3 Å². The van der Waals surface area contributed by atoms with E-state index in [0.29, 0.717) is 28.6 Å². The third kappa shape index (κ3) is 4.35. The summed E-state index contributed by atoms with van der Waals surface area (Å²) in [5.74, 6) is -1.29. The predicted octanol–water partition coefficient (Wildman–Crippen LogP) is 4.37. The molecular formula is C20H17F2N3O3. The van der Waals surface area contributed by atoms with Crippen molar-refractivity contribution in [2.45, 2.75) is 0 Å². The second kappa shape index (κ2) is 8.34. The molecule has 144 valence electrons. The molecule has 0 spiro atoms. The Bertz CT molecular complexity index is 1010. The quantitative estimate of drug-likeness (QED) is 0.659. The monoisotopic (exact) mass is 385 g/mol. The number of methoxy groups -OCH3 is 2. The van der Waals surface area contributed by atoms with E-state index in [4.69, 9.17) is 9.47 Å². The van der Waals surface area contributed by atoms with Crippen molar-refractivity contribution in [3.05, 3.63) is 72.1 Å². The van der Waals surface area contributed by atoms with Gasteiger partial charge in [0.25, 0.3) is 5.91 Å². The number of benzene rings is 2. The molecule has 2 N–H and O–H groups in total. The molecule has 0 saturated heterocycles. The second-order valence-corrected chi connectivity index (χ2v) is 5.74. The van der Waals surface area contributed by atoms with E-state index in [-0.39, 0.29) is 5.56 Å².